The summed E-state index contributed by atoms with van der Waals surface area (Å²) < 4.78 is 2.33. The van der Waals surface area contributed by atoms with Crippen molar-refractivity contribution in [1.29, 1.82) is 0 Å². The second-order valence-corrected chi connectivity index (χ2v) is 6.10. The number of hydrogen-bond donors (Lipinski definition) is 1. The van der Waals surface area contributed by atoms with Crippen LogP contribution >= 0.6 is 0 Å². The Hall–Kier alpha value is -2.48. The molecular formula is C20H20N2. The summed E-state index contributed by atoms with van der Waals surface area (Å²) in [5.41, 5.74) is 7.98. The third-order valence-electron chi connectivity index (χ3n) is 4.92. The standard InChI is InChI=1S/C20H20N2/c1-13-15-8-4-6-10-17(15)21-18(13)12-20-14(2)16-9-5-7-11-19(16)22(20)3/h4-11,21H,12H2,1-3H3. The van der Waals surface area contributed by atoms with Crippen molar-refractivity contribution in [3.8, 4) is 0 Å². The molecule has 22 heavy (non-hydrogen) atoms. The van der Waals surface area contributed by atoms with Gasteiger partial charge in [-0.15, -0.1) is 0 Å². The molecule has 0 spiro atoms. The minimum Gasteiger partial charge on any atom is -0.358 e. The van der Waals surface area contributed by atoms with Gasteiger partial charge >= 0.3 is 0 Å². The number of H-pyrrole nitrogens is 1. The van der Waals surface area contributed by atoms with Gasteiger partial charge in [0.1, 0.15) is 0 Å². The summed E-state index contributed by atoms with van der Waals surface area (Å²) in [5.74, 6) is 0. The highest BCUT2D eigenvalue weighted by atomic mass is 15.0. The van der Waals surface area contributed by atoms with E-state index >= 15 is 0 Å². The number of aromatic amines is 1. The van der Waals surface area contributed by atoms with Crippen LogP contribution < -0.4 is 0 Å². The maximum Gasteiger partial charge on any atom is 0.0482 e. The van der Waals surface area contributed by atoms with Gasteiger partial charge < -0.3 is 9.55 Å². The van der Waals surface area contributed by atoms with Crippen LogP contribution in [0.4, 0.5) is 0 Å². The Balaban J connectivity index is 1.88. The zero-order valence-electron chi connectivity index (χ0n) is 13.3. The van der Waals surface area contributed by atoms with Crippen LogP contribution in [0.2, 0.25) is 0 Å². The van der Waals surface area contributed by atoms with Gasteiger partial charge in [0.25, 0.3) is 0 Å². The topological polar surface area (TPSA) is 20.7 Å². The average molecular weight is 288 g/mol. The molecule has 2 aromatic carbocycles. The summed E-state index contributed by atoms with van der Waals surface area (Å²) in [4.78, 5) is 3.60. The molecule has 2 heterocycles. The van der Waals surface area contributed by atoms with Gasteiger partial charge in [-0.2, -0.15) is 0 Å². The van der Waals surface area contributed by atoms with Crippen molar-refractivity contribution < 1.29 is 0 Å². The molecule has 0 aliphatic rings. The first-order valence-corrected chi connectivity index (χ1v) is 7.76. The van der Waals surface area contributed by atoms with Crippen molar-refractivity contribution in [2.24, 2.45) is 7.05 Å². The summed E-state index contributed by atoms with van der Waals surface area (Å²) in [5, 5.41) is 2.68. The van der Waals surface area contributed by atoms with Gasteiger partial charge in [0.15, 0.2) is 0 Å². The third kappa shape index (κ3) is 1.80. The van der Waals surface area contributed by atoms with E-state index in [4.69, 9.17) is 0 Å². The lowest BCUT2D eigenvalue weighted by molar-refractivity contribution is 0.861. The summed E-state index contributed by atoms with van der Waals surface area (Å²) in [6.45, 7) is 4.45. The highest BCUT2D eigenvalue weighted by Crippen LogP contribution is 2.29. The van der Waals surface area contributed by atoms with Gasteiger partial charge in [0.05, 0.1) is 0 Å². The smallest absolute Gasteiger partial charge is 0.0482 e. The van der Waals surface area contributed by atoms with E-state index in [2.05, 4.69) is 79.0 Å². The molecule has 0 fully saturated rings. The number of nitrogens with one attached hydrogen (secondary N) is 1. The van der Waals surface area contributed by atoms with Crippen LogP contribution in [0.15, 0.2) is 48.5 Å². The molecule has 2 heteroatoms. The van der Waals surface area contributed by atoms with Crippen molar-refractivity contribution in [2.45, 2.75) is 20.3 Å². The van der Waals surface area contributed by atoms with Gasteiger partial charge in [-0.1, -0.05) is 36.4 Å². The highest BCUT2D eigenvalue weighted by molar-refractivity contribution is 5.86. The lowest BCUT2D eigenvalue weighted by Crippen LogP contribution is -2.00. The van der Waals surface area contributed by atoms with Crippen LogP contribution in [0.25, 0.3) is 21.8 Å². The molecule has 4 aromatic rings. The largest absolute Gasteiger partial charge is 0.358 e. The van der Waals surface area contributed by atoms with Crippen molar-refractivity contribution >= 4 is 21.8 Å². The zero-order chi connectivity index (χ0) is 15.3. The quantitative estimate of drug-likeness (QED) is 0.543. The molecule has 0 amide bonds. The molecule has 2 aromatic heterocycles. The first kappa shape index (κ1) is 13.2. The van der Waals surface area contributed by atoms with Gasteiger partial charge in [-0.25, -0.2) is 0 Å². The number of aryl methyl sites for hydroxylation is 3. The van der Waals surface area contributed by atoms with Gasteiger partial charge in [0.2, 0.25) is 0 Å². The molecule has 0 saturated heterocycles. The van der Waals surface area contributed by atoms with E-state index in [0.29, 0.717) is 0 Å². The summed E-state index contributed by atoms with van der Waals surface area (Å²) in [7, 11) is 2.17. The van der Waals surface area contributed by atoms with Crippen LogP contribution in [0.3, 0.4) is 0 Å². The van der Waals surface area contributed by atoms with Gasteiger partial charge in [-0.05, 0) is 37.1 Å². The molecule has 2 nitrogen and oxygen atoms in total. The number of fused-ring (bicyclic) bond motifs is 2. The van der Waals surface area contributed by atoms with Crippen molar-refractivity contribution in [1.82, 2.24) is 9.55 Å². The number of rotatable bonds is 2. The first-order valence-electron chi connectivity index (χ1n) is 7.76. The average Bonchev–Trinajstić information content (AvgIpc) is 2.99. The van der Waals surface area contributed by atoms with Gasteiger partial charge in [0, 0.05) is 46.7 Å². The second kappa shape index (κ2) is 4.77. The number of nitrogens with zero attached hydrogens (tertiary/aromatic N) is 1. The minimum absolute atomic E-state index is 0.942. The summed E-state index contributed by atoms with van der Waals surface area (Å²) >= 11 is 0. The first-order chi connectivity index (χ1) is 10.7. The molecule has 0 aliphatic carbocycles. The molecule has 0 unspecified atom stereocenters. The van der Waals surface area contributed by atoms with E-state index in [1.807, 2.05) is 0 Å². The fraction of sp³-hybridized carbons (Fsp3) is 0.200. The predicted molar refractivity (Wildman–Crippen MR) is 93.5 cm³/mol. The van der Waals surface area contributed by atoms with E-state index in [-0.39, 0.29) is 0 Å². The minimum atomic E-state index is 0.942. The molecule has 0 bridgehead atoms. The van der Waals surface area contributed by atoms with Crippen LogP contribution in [-0.2, 0) is 13.5 Å². The molecular weight excluding hydrogens is 268 g/mol. The van der Waals surface area contributed by atoms with Crippen molar-refractivity contribution in [3.63, 3.8) is 0 Å². The Morgan fingerprint density at radius 1 is 0.864 bits per heavy atom. The third-order valence-corrected chi connectivity index (χ3v) is 4.92. The Bertz CT molecular complexity index is 947. The number of hydrogen-bond acceptors (Lipinski definition) is 0. The molecule has 110 valence electrons. The predicted octanol–water partition coefficient (Wildman–Crippen LogP) is 4.87. The molecule has 4 rings (SSSR count). The van der Waals surface area contributed by atoms with E-state index in [0.717, 1.165) is 6.42 Å². The van der Waals surface area contributed by atoms with Crippen LogP contribution in [0.5, 0.6) is 0 Å². The van der Waals surface area contributed by atoms with Crippen molar-refractivity contribution in [3.05, 3.63) is 71.0 Å². The SMILES string of the molecule is Cc1c(Cc2c(C)c3ccccc3n2C)[nH]c2ccccc12. The summed E-state index contributed by atoms with van der Waals surface area (Å²) in [6.07, 6.45) is 0.942. The molecule has 0 radical (unpaired) electrons. The normalized spacial score (nSPS) is 11.6. The molecule has 0 aliphatic heterocycles. The van der Waals surface area contributed by atoms with Crippen LogP contribution in [0.1, 0.15) is 22.5 Å². The van der Waals surface area contributed by atoms with E-state index in [1.165, 1.54) is 44.3 Å². The number of para-hydroxylation sites is 2. The Kier molecular flexibility index (Phi) is 2.86. The van der Waals surface area contributed by atoms with E-state index in [9.17, 15) is 0 Å². The lowest BCUT2D eigenvalue weighted by Gasteiger charge is -2.06. The van der Waals surface area contributed by atoms with Crippen LogP contribution in [0, 0.1) is 13.8 Å². The Morgan fingerprint density at radius 3 is 2.27 bits per heavy atom. The van der Waals surface area contributed by atoms with Crippen LogP contribution in [-0.4, -0.2) is 9.55 Å². The Morgan fingerprint density at radius 2 is 1.55 bits per heavy atom. The molecule has 0 atom stereocenters. The van der Waals surface area contributed by atoms with E-state index in [1.54, 1.807) is 0 Å². The lowest BCUT2D eigenvalue weighted by atomic mass is 10.1. The highest BCUT2D eigenvalue weighted by Gasteiger charge is 2.14. The maximum absolute atomic E-state index is 3.60. The number of benzene rings is 2. The van der Waals surface area contributed by atoms with E-state index < -0.39 is 0 Å². The Labute approximate surface area is 130 Å². The number of aromatic nitrogens is 2. The fourth-order valence-electron chi connectivity index (χ4n) is 3.57. The monoisotopic (exact) mass is 288 g/mol. The summed E-state index contributed by atoms with van der Waals surface area (Å²) in [6, 6.07) is 17.2. The fourth-order valence-corrected chi connectivity index (χ4v) is 3.57. The second-order valence-electron chi connectivity index (χ2n) is 6.10. The zero-order valence-corrected chi connectivity index (χ0v) is 13.3. The molecule has 1 N–H and O–H groups in total. The van der Waals surface area contributed by atoms with Crippen molar-refractivity contribution in [2.75, 3.05) is 0 Å². The molecule has 0 saturated carbocycles. The maximum atomic E-state index is 3.60. The van der Waals surface area contributed by atoms with Gasteiger partial charge in [-0.3, -0.25) is 0 Å².